The monoisotopic (exact) mass is 288 g/mol. The van der Waals surface area contributed by atoms with Gasteiger partial charge in [-0.3, -0.25) is 4.98 Å². The van der Waals surface area contributed by atoms with Crippen molar-refractivity contribution in [1.29, 1.82) is 0 Å². The molecule has 5 heteroatoms. The van der Waals surface area contributed by atoms with E-state index in [1.54, 1.807) is 12.5 Å². The molecule has 2 rings (SSSR count). The van der Waals surface area contributed by atoms with Crippen LogP contribution in [-0.2, 0) is 13.1 Å². The minimum Gasteiger partial charge on any atom is -0.432 e. The van der Waals surface area contributed by atoms with Crippen LogP contribution < -0.4 is 10.2 Å². The summed E-state index contributed by atoms with van der Waals surface area (Å²) in [6.07, 6.45) is 3.53. The van der Waals surface area contributed by atoms with E-state index in [4.69, 9.17) is 4.42 Å². The van der Waals surface area contributed by atoms with Crippen LogP contribution in [0, 0.1) is 5.92 Å². The molecule has 2 aromatic rings. The first kappa shape index (κ1) is 15.5. The van der Waals surface area contributed by atoms with E-state index in [1.807, 2.05) is 18.2 Å². The minimum atomic E-state index is 0.632. The van der Waals surface area contributed by atoms with Crippen LogP contribution in [0.25, 0.3) is 0 Å². The van der Waals surface area contributed by atoms with Crippen LogP contribution in [0.3, 0.4) is 0 Å². The van der Waals surface area contributed by atoms with Gasteiger partial charge in [-0.2, -0.15) is 4.98 Å². The summed E-state index contributed by atoms with van der Waals surface area (Å²) < 4.78 is 5.59. The van der Waals surface area contributed by atoms with Gasteiger partial charge in [0, 0.05) is 19.3 Å². The Bertz CT molecular complexity index is 524. The Labute approximate surface area is 126 Å². The second-order valence-corrected chi connectivity index (χ2v) is 5.48. The molecular formula is C16H24N4O. The normalized spacial score (nSPS) is 11.0. The topological polar surface area (TPSA) is 54.2 Å². The maximum Gasteiger partial charge on any atom is 0.297 e. The molecule has 0 aliphatic heterocycles. The van der Waals surface area contributed by atoms with E-state index in [0.717, 1.165) is 31.0 Å². The number of nitrogens with zero attached hydrogens (tertiary/aromatic N) is 3. The lowest BCUT2D eigenvalue weighted by atomic mass is 10.2. The molecule has 114 valence electrons. The number of pyridine rings is 1. The van der Waals surface area contributed by atoms with Gasteiger partial charge in [-0.15, -0.1) is 0 Å². The zero-order valence-corrected chi connectivity index (χ0v) is 13.0. The average molecular weight is 288 g/mol. The molecule has 0 saturated heterocycles. The summed E-state index contributed by atoms with van der Waals surface area (Å²) in [5.74, 6) is 0.632. The Kier molecular flexibility index (Phi) is 5.75. The van der Waals surface area contributed by atoms with Crippen LogP contribution >= 0.6 is 0 Å². The maximum absolute atomic E-state index is 5.59. The molecule has 0 radical (unpaired) electrons. The van der Waals surface area contributed by atoms with Crippen molar-refractivity contribution in [2.24, 2.45) is 5.92 Å². The van der Waals surface area contributed by atoms with Gasteiger partial charge in [0.2, 0.25) is 0 Å². The summed E-state index contributed by atoms with van der Waals surface area (Å²) in [6, 6.07) is 6.58. The maximum atomic E-state index is 5.59. The Morgan fingerprint density at radius 2 is 2.14 bits per heavy atom. The summed E-state index contributed by atoms with van der Waals surface area (Å²) >= 11 is 0. The van der Waals surface area contributed by atoms with E-state index in [0.29, 0.717) is 18.5 Å². The molecule has 5 nitrogen and oxygen atoms in total. The fourth-order valence-electron chi connectivity index (χ4n) is 2.01. The van der Waals surface area contributed by atoms with E-state index in [-0.39, 0.29) is 0 Å². The molecule has 21 heavy (non-hydrogen) atoms. The number of oxazole rings is 1. The first-order valence-corrected chi connectivity index (χ1v) is 7.49. The Morgan fingerprint density at radius 3 is 2.81 bits per heavy atom. The smallest absolute Gasteiger partial charge is 0.297 e. The van der Waals surface area contributed by atoms with Crippen molar-refractivity contribution >= 4 is 6.01 Å². The van der Waals surface area contributed by atoms with Gasteiger partial charge in [-0.1, -0.05) is 19.9 Å². The average Bonchev–Trinajstić information content (AvgIpc) is 2.94. The van der Waals surface area contributed by atoms with Crippen molar-refractivity contribution in [3.8, 4) is 0 Å². The molecule has 2 heterocycles. The zero-order chi connectivity index (χ0) is 15.1. The molecule has 0 aromatic carbocycles. The molecule has 0 aliphatic rings. The number of hydrogen-bond acceptors (Lipinski definition) is 5. The highest BCUT2D eigenvalue weighted by Gasteiger charge is 2.12. The lowest BCUT2D eigenvalue weighted by molar-refractivity contribution is 0.528. The number of anilines is 1. The van der Waals surface area contributed by atoms with Crippen LogP contribution in [0.1, 0.15) is 32.2 Å². The summed E-state index contributed by atoms with van der Waals surface area (Å²) in [4.78, 5) is 11.0. The number of hydrogen-bond donors (Lipinski definition) is 1. The number of nitrogens with one attached hydrogen (secondary N) is 1. The van der Waals surface area contributed by atoms with E-state index in [2.05, 4.69) is 41.0 Å². The Hall–Kier alpha value is -1.88. The quantitative estimate of drug-likeness (QED) is 0.809. The molecule has 0 bridgehead atoms. The number of aromatic nitrogens is 2. The Balaban J connectivity index is 1.94. The van der Waals surface area contributed by atoms with E-state index >= 15 is 0 Å². The van der Waals surface area contributed by atoms with Gasteiger partial charge < -0.3 is 14.6 Å². The molecule has 1 N–H and O–H groups in total. The van der Waals surface area contributed by atoms with E-state index in [9.17, 15) is 0 Å². The van der Waals surface area contributed by atoms with Gasteiger partial charge in [0.25, 0.3) is 6.01 Å². The van der Waals surface area contributed by atoms with Crippen LogP contribution in [0.2, 0.25) is 0 Å². The molecule has 0 fully saturated rings. The van der Waals surface area contributed by atoms with Crippen molar-refractivity contribution in [3.05, 3.63) is 42.0 Å². The zero-order valence-electron chi connectivity index (χ0n) is 13.0. The highest BCUT2D eigenvalue weighted by molar-refractivity contribution is 5.28. The summed E-state index contributed by atoms with van der Waals surface area (Å²) in [5, 5.41) is 3.37. The van der Waals surface area contributed by atoms with Crippen LogP contribution in [-0.4, -0.2) is 23.1 Å². The third-order valence-corrected chi connectivity index (χ3v) is 3.13. The molecule has 0 amide bonds. The van der Waals surface area contributed by atoms with Crippen molar-refractivity contribution < 1.29 is 4.42 Å². The highest BCUT2D eigenvalue weighted by Crippen LogP contribution is 2.15. The van der Waals surface area contributed by atoms with E-state index in [1.165, 1.54) is 0 Å². The predicted octanol–water partition coefficient (Wildman–Crippen LogP) is 2.84. The Morgan fingerprint density at radius 1 is 1.29 bits per heavy atom. The second kappa shape index (κ2) is 7.78. The van der Waals surface area contributed by atoms with Crippen molar-refractivity contribution in [3.63, 3.8) is 0 Å². The van der Waals surface area contributed by atoms with Gasteiger partial charge in [0.05, 0.1) is 17.9 Å². The van der Waals surface area contributed by atoms with Crippen LogP contribution in [0.5, 0.6) is 0 Å². The van der Waals surface area contributed by atoms with Crippen LogP contribution in [0.15, 0.2) is 35.1 Å². The standard InChI is InChI=1S/C16H24N4O/c1-4-20(11-14-7-5-6-8-18-14)16-19-15(12-21-16)10-17-9-13(2)3/h5-8,12-13,17H,4,9-11H2,1-3H3. The SMILES string of the molecule is CCN(Cc1ccccn1)c1nc(CNCC(C)C)co1. The van der Waals surface area contributed by atoms with Gasteiger partial charge in [0.1, 0.15) is 6.26 Å². The van der Waals surface area contributed by atoms with Crippen molar-refractivity contribution in [2.75, 3.05) is 18.0 Å². The van der Waals surface area contributed by atoms with Gasteiger partial charge in [-0.25, -0.2) is 0 Å². The fraction of sp³-hybridized carbons (Fsp3) is 0.500. The molecule has 0 aliphatic carbocycles. The van der Waals surface area contributed by atoms with Crippen molar-refractivity contribution in [1.82, 2.24) is 15.3 Å². The first-order chi connectivity index (χ1) is 10.2. The molecule has 2 aromatic heterocycles. The fourth-order valence-corrected chi connectivity index (χ4v) is 2.01. The van der Waals surface area contributed by atoms with Gasteiger partial charge in [-0.05, 0) is 31.5 Å². The third kappa shape index (κ3) is 4.86. The van der Waals surface area contributed by atoms with E-state index < -0.39 is 0 Å². The minimum absolute atomic E-state index is 0.632. The summed E-state index contributed by atoms with van der Waals surface area (Å²) in [5.41, 5.74) is 1.95. The number of rotatable bonds is 8. The summed E-state index contributed by atoms with van der Waals surface area (Å²) in [7, 11) is 0. The van der Waals surface area contributed by atoms with Crippen LogP contribution in [0.4, 0.5) is 6.01 Å². The second-order valence-electron chi connectivity index (χ2n) is 5.48. The molecule has 0 spiro atoms. The van der Waals surface area contributed by atoms with Gasteiger partial charge in [0.15, 0.2) is 0 Å². The molecule has 0 saturated carbocycles. The lowest BCUT2D eigenvalue weighted by Gasteiger charge is -2.17. The van der Waals surface area contributed by atoms with Gasteiger partial charge >= 0.3 is 0 Å². The van der Waals surface area contributed by atoms with Crippen molar-refractivity contribution in [2.45, 2.75) is 33.9 Å². The molecular weight excluding hydrogens is 264 g/mol. The largest absolute Gasteiger partial charge is 0.432 e. The molecule has 0 unspecified atom stereocenters. The summed E-state index contributed by atoms with van der Waals surface area (Å²) in [6.45, 7) is 9.72. The predicted molar refractivity (Wildman–Crippen MR) is 84.0 cm³/mol. The lowest BCUT2D eigenvalue weighted by Crippen LogP contribution is -2.23. The first-order valence-electron chi connectivity index (χ1n) is 7.49. The third-order valence-electron chi connectivity index (χ3n) is 3.13. The highest BCUT2D eigenvalue weighted by atomic mass is 16.4. The molecule has 0 atom stereocenters.